The first-order valence-electron chi connectivity index (χ1n) is 13.2. The molecule has 7 heteroatoms. The first-order valence-corrected chi connectivity index (χ1v) is 13.2. The lowest BCUT2D eigenvalue weighted by atomic mass is 9.71. The fourth-order valence-electron chi connectivity index (χ4n) is 5.21. The molecule has 0 heterocycles. The van der Waals surface area contributed by atoms with Crippen molar-refractivity contribution in [2.45, 2.75) is 86.7 Å². The Kier molecular flexibility index (Phi) is 10.9. The van der Waals surface area contributed by atoms with Gasteiger partial charge in [0, 0.05) is 30.4 Å². The van der Waals surface area contributed by atoms with Crippen molar-refractivity contribution in [1.82, 2.24) is 10.2 Å². The molecule has 2 aromatic carbocycles. The molecule has 0 unspecified atom stereocenters. The summed E-state index contributed by atoms with van der Waals surface area (Å²) in [5.74, 6) is -0.615. The number of hydrogen-bond donors (Lipinski definition) is 3. The summed E-state index contributed by atoms with van der Waals surface area (Å²) in [6.07, 6.45) is 4.00. The Balaban J connectivity index is 0.00000507. The van der Waals surface area contributed by atoms with E-state index in [0.717, 1.165) is 48.1 Å². The number of aliphatic carboxylic acids is 1. The summed E-state index contributed by atoms with van der Waals surface area (Å²) in [5.41, 5.74) is 4.67. The molecular formula is C31H45N3O4. The zero-order valence-electron chi connectivity index (χ0n) is 22.8. The highest BCUT2D eigenvalue weighted by molar-refractivity contribution is 5.94. The van der Waals surface area contributed by atoms with Crippen LogP contribution < -0.4 is 10.6 Å². The molecule has 0 aliphatic heterocycles. The van der Waals surface area contributed by atoms with Crippen molar-refractivity contribution in [3.8, 4) is 0 Å². The van der Waals surface area contributed by atoms with E-state index in [9.17, 15) is 14.4 Å². The minimum Gasteiger partial charge on any atom is -0.481 e. The summed E-state index contributed by atoms with van der Waals surface area (Å²) in [5, 5.41) is 14.5. The normalized spacial score (nSPS) is 17.2. The van der Waals surface area contributed by atoms with Gasteiger partial charge < -0.3 is 20.6 Å². The molecule has 0 spiro atoms. The second-order valence-corrected chi connectivity index (χ2v) is 11.4. The predicted molar refractivity (Wildman–Crippen MR) is 153 cm³/mol. The van der Waals surface area contributed by atoms with Crippen LogP contribution in [0.1, 0.15) is 87.4 Å². The number of aryl methyl sites for hydroxylation is 2. The van der Waals surface area contributed by atoms with E-state index in [1.54, 1.807) is 12.1 Å². The number of benzene rings is 2. The number of urea groups is 1. The minimum absolute atomic E-state index is 0. The van der Waals surface area contributed by atoms with Crippen molar-refractivity contribution >= 4 is 23.6 Å². The van der Waals surface area contributed by atoms with Crippen molar-refractivity contribution in [2.75, 3.05) is 11.9 Å². The van der Waals surface area contributed by atoms with Crippen LogP contribution in [0.2, 0.25) is 0 Å². The lowest BCUT2D eigenvalue weighted by Gasteiger charge is -2.41. The van der Waals surface area contributed by atoms with E-state index < -0.39 is 5.97 Å². The van der Waals surface area contributed by atoms with Crippen LogP contribution >= 0.6 is 0 Å². The Morgan fingerprint density at radius 3 is 2.05 bits per heavy atom. The number of rotatable bonds is 8. The number of hydrogen-bond acceptors (Lipinski definition) is 3. The molecule has 0 saturated heterocycles. The Hall–Kier alpha value is -3.35. The number of carboxylic acid groups (broad SMARTS) is 1. The number of carbonyl (C=O) groups is 3. The lowest BCUT2D eigenvalue weighted by Crippen LogP contribution is -2.45. The molecule has 208 valence electrons. The topological polar surface area (TPSA) is 98.7 Å². The third-order valence-electron chi connectivity index (χ3n) is 7.29. The fourth-order valence-corrected chi connectivity index (χ4v) is 5.21. The van der Waals surface area contributed by atoms with E-state index in [-0.39, 0.29) is 43.8 Å². The molecule has 0 radical (unpaired) electrons. The van der Waals surface area contributed by atoms with Crippen LogP contribution in [0.3, 0.4) is 0 Å². The average Bonchev–Trinajstić information content (AvgIpc) is 2.81. The summed E-state index contributed by atoms with van der Waals surface area (Å²) in [6.45, 7) is 11.5. The maximum Gasteiger partial charge on any atom is 0.322 e. The molecule has 1 aliphatic rings. The molecular weight excluding hydrogens is 478 g/mol. The fraction of sp³-hybridized carbons (Fsp3) is 0.516. The van der Waals surface area contributed by atoms with Crippen LogP contribution in [0.5, 0.6) is 0 Å². The summed E-state index contributed by atoms with van der Waals surface area (Å²) in [4.78, 5) is 38.5. The zero-order valence-corrected chi connectivity index (χ0v) is 22.8. The van der Waals surface area contributed by atoms with Gasteiger partial charge >= 0.3 is 12.0 Å². The number of carboxylic acids is 1. The number of anilines is 1. The van der Waals surface area contributed by atoms with Gasteiger partial charge in [0.15, 0.2) is 0 Å². The number of nitrogens with zero attached hydrogens (tertiary/aromatic N) is 1. The third-order valence-corrected chi connectivity index (χ3v) is 7.29. The van der Waals surface area contributed by atoms with Crippen molar-refractivity contribution in [3.05, 3.63) is 64.7 Å². The zero-order chi connectivity index (χ0) is 27.2. The summed E-state index contributed by atoms with van der Waals surface area (Å²) < 4.78 is 0. The molecule has 0 atom stereocenters. The van der Waals surface area contributed by atoms with Gasteiger partial charge in [-0.2, -0.15) is 0 Å². The van der Waals surface area contributed by atoms with Crippen molar-refractivity contribution < 1.29 is 19.5 Å². The van der Waals surface area contributed by atoms with Gasteiger partial charge in [0.05, 0.1) is 6.42 Å². The monoisotopic (exact) mass is 523 g/mol. The van der Waals surface area contributed by atoms with Crippen LogP contribution in [-0.2, 0) is 11.3 Å². The molecule has 0 bridgehead atoms. The van der Waals surface area contributed by atoms with Crippen molar-refractivity contribution in [2.24, 2.45) is 11.3 Å². The highest BCUT2D eigenvalue weighted by Crippen LogP contribution is 2.39. The number of amides is 3. The lowest BCUT2D eigenvalue weighted by molar-refractivity contribution is -0.136. The highest BCUT2D eigenvalue weighted by Gasteiger charge is 2.33. The van der Waals surface area contributed by atoms with Gasteiger partial charge in [-0.05, 0) is 91.8 Å². The average molecular weight is 524 g/mol. The Labute approximate surface area is 228 Å². The first-order chi connectivity index (χ1) is 17.4. The summed E-state index contributed by atoms with van der Waals surface area (Å²) in [6, 6.07) is 13.3. The standard InChI is InChI=1S/C30H41N3O4.CH4/c1-20-16-21(2)18-25(17-20)32-29(37)33(26-12-10-24(11-13-26)30(3,4)5)19-22-6-8-23(9-7-22)28(36)31-15-14-27(34)35;/h6-9,16-18,24,26H,10-15,19H2,1-5H3,(H,31,36)(H,32,37)(H,34,35);1H4. The largest absolute Gasteiger partial charge is 0.481 e. The van der Waals surface area contributed by atoms with Crippen LogP contribution in [0.4, 0.5) is 10.5 Å². The van der Waals surface area contributed by atoms with E-state index in [1.807, 2.05) is 43.0 Å². The van der Waals surface area contributed by atoms with Gasteiger partial charge in [0.25, 0.3) is 5.91 Å². The van der Waals surface area contributed by atoms with Gasteiger partial charge in [-0.1, -0.05) is 46.4 Å². The molecule has 3 amide bonds. The van der Waals surface area contributed by atoms with E-state index in [0.29, 0.717) is 18.0 Å². The van der Waals surface area contributed by atoms with Crippen LogP contribution in [0.25, 0.3) is 0 Å². The van der Waals surface area contributed by atoms with Crippen LogP contribution in [0.15, 0.2) is 42.5 Å². The maximum absolute atomic E-state index is 13.6. The molecule has 7 nitrogen and oxygen atoms in total. The Morgan fingerprint density at radius 2 is 1.53 bits per heavy atom. The first kappa shape index (κ1) is 30.9. The second-order valence-electron chi connectivity index (χ2n) is 11.4. The van der Waals surface area contributed by atoms with E-state index in [4.69, 9.17) is 5.11 Å². The molecule has 0 aromatic heterocycles. The third kappa shape index (κ3) is 8.89. The second kappa shape index (κ2) is 13.4. The highest BCUT2D eigenvalue weighted by atomic mass is 16.4. The molecule has 38 heavy (non-hydrogen) atoms. The van der Waals surface area contributed by atoms with Crippen molar-refractivity contribution in [3.63, 3.8) is 0 Å². The van der Waals surface area contributed by atoms with E-state index in [2.05, 4.69) is 37.5 Å². The maximum atomic E-state index is 13.6. The van der Waals surface area contributed by atoms with Gasteiger partial charge in [0.2, 0.25) is 0 Å². The molecule has 1 saturated carbocycles. The molecule has 2 aromatic rings. The molecule has 3 rings (SSSR count). The number of nitrogens with one attached hydrogen (secondary N) is 2. The Morgan fingerprint density at radius 1 is 0.947 bits per heavy atom. The summed E-state index contributed by atoms with van der Waals surface area (Å²) >= 11 is 0. The van der Waals surface area contributed by atoms with Gasteiger partial charge in [0.1, 0.15) is 0 Å². The Bertz CT molecular complexity index is 1080. The van der Waals surface area contributed by atoms with E-state index >= 15 is 0 Å². The van der Waals surface area contributed by atoms with Gasteiger partial charge in [-0.15, -0.1) is 0 Å². The molecule has 3 N–H and O–H groups in total. The van der Waals surface area contributed by atoms with E-state index in [1.165, 1.54) is 0 Å². The van der Waals surface area contributed by atoms with Crippen LogP contribution in [0, 0.1) is 25.2 Å². The molecule has 1 aliphatic carbocycles. The predicted octanol–water partition coefficient (Wildman–Crippen LogP) is 6.78. The minimum atomic E-state index is -0.952. The smallest absolute Gasteiger partial charge is 0.322 e. The summed E-state index contributed by atoms with van der Waals surface area (Å²) in [7, 11) is 0. The van der Waals surface area contributed by atoms with Gasteiger partial charge in [-0.25, -0.2) is 4.79 Å². The molecule has 1 fully saturated rings. The quantitative estimate of drug-likeness (QED) is 0.355. The van der Waals surface area contributed by atoms with Crippen LogP contribution in [-0.4, -0.2) is 40.5 Å². The SMILES string of the molecule is C.Cc1cc(C)cc(NC(=O)N(Cc2ccc(C(=O)NCCC(=O)O)cc2)C2CCC(C(C)(C)C)CC2)c1. The van der Waals surface area contributed by atoms with Crippen molar-refractivity contribution in [1.29, 1.82) is 0 Å². The van der Waals surface area contributed by atoms with Gasteiger partial charge in [-0.3, -0.25) is 9.59 Å². The number of carbonyl (C=O) groups excluding carboxylic acids is 2.